The number of likely N-dealkylation sites (N-methyl/N-ethyl adjacent to an activating group) is 1. The summed E-state index contributed by atoms with van der Waals surface area (Å²) in [5, 5.41) is 3.73. The van der Waals surface area contributed by atoms with Gasteiger partial charge in [-0.3, -0.25) is 4.79 Å². The smallest absolute Gasteiger partial charge is 0.239 e. The number of hydrogen-bond acceptors (Lipinski definition) is 5. The van der Waals surface area contributed by atoms with Crippen LogP contribution in [0, 0.1) is 0 Å². The van der Waals surface area contributed by atoms with Crippen LogP contribution in [0.1, 0.15) is 13.3 Å². The van der Waals surface area contributed by atoms with Crippen molar-refractivity contribution in [3.05, 3.63) is 24.5 Å². The SMILES string of the molecule is CCCNC(=O)CN(C)c1ncnc2cc(N)ccc12. The second kappa shape index (κ2) is 6.18. The third-order valence-electron chi connectivity index (χ3n) is 2.95. The van der Waals surface area contributed by atoms with E-state index in [-0.39, 0.29) is 12.5 Å². The summed E-state index contributed by atoms with van der Waals surface area (Å²) in [5.41, 5.74) is 7.18. The molecule has 0 bridgehead atoms. The van der Waals surface area contributed by atoms with Gasteiger partial charge in [-0.15, -0.1) is 0 Å². The van der Waals surface area contributed by atoms with Gasteiger partial charge in [0.25, 0.3) is 0 Å². The number of fused-ring (bicyclic) bond motifs is 1. The van der Waals surface area contributed by atoms with Crippen LogP contribution in [-0.2, 0) is 4.79 Å². The Bertz CT molecular complexity index is 614. The minimum absolute atomic E-state index is 0.0171. The molecule has 1 amide bonds. The zero-order chi connectivity index (χ0) is 14.5. The number of hydrogen-bond donors (Lipinski definition) is 2. The number of benzene rings is 1. The van der Waals surface area contributed by atoms with Gasteiger partial charge < -0.3 is 16.0 Å². The molecule has 0 saturated carbocycles. The van der Waals surface area contributed by atoms with E-state index in [9.17, 15) is 4.79 Å². The Morgan fingerprint density at radius 1 is 1.40 bits per heavy atom. The van der Waals surface area contributed by atoms with Crippen LogP contribution in [0.15, 0.2) is 24.5 Å². The normalized spacial score (nSPS) is 10.5. The number of carbonyl (C=O) groups excluding carboxylic acids is 1. The Labute approximate surface area is 118 Å². The third-order valence-corrected chi connectivity index (χ3v) is 2.95. The topological polar surface area (TPSA) is 84.1 Å². The molecule has 6 heteroatoms. The first kappa shape index (κ1) is 14.0. The summed E-state index contributed by atoms with van der Waals surface area (Å²) in [6.45, 7) is 2.97. The fourth-order valence-corrected chi connectivity index (χ4v) is 1.97. The monoisotopic (exact) mass is 273 g/mol. The Balaban J connectivity index is 2.21. The van der Waals surface area contributed by atoms with Gasteiger partial charge in [0, 0.05) is 24.7 Å². The number of nitrogens with two attached hydrogens (primary N) is 1. The average Bonchev–Trinajstić information content (AvgIpc) is 2.44. The molecule has 6 nitrogen and oxygen atoms in total. The van der Waals surface area contributed by atoms with Crippen LogP contribution in [0.5, 0.6) is 0 Å². The van der Waals surface area contributed by atoms with Crippen molar-refractivity contribution < 1.29 is 4.79 Å². The molecule has 0 radical (unpaired) electrons. The van der Waals surface area contributed by atoms with Gasteiger partial charge in [0.1, 0.15) is 12.1 Å². The molecular formula is C14H19N5O. The van der Waals surface area contributed by atoms with Crippen molar-refractivity contribution in [2.24, 2.45) is 0 Å². The molecule has 20 heavy (non-hydrogen) atoms. The van der Waals surface area contributed by atoms with E-state index in [0.717, 1.165) is 23.1 Å². The maximum atomic E-state index is 11.8. The molecule has 0 fully saturated rings. The molecule has 2 rings (SSSR count). The van der Waals surface area contributed by atoms with Crippen molar-refractivity contribution >= 4 is 28.3 Å². The van der Waals surface area contributed by atoms with Crippen molar-refractivity contribution in [1.82, 2.24) is 15.3 Å². The van der Waals surface area contributed by atoms with Gasteiger partial charge in [-0.1, -0.05) is 6.92 Å². The van der Waals surface area contributed by atoms with Crippen molar-refractivity contribution in [2.45, 2.75) is 13.3 Å². The molecule has 0 aliphatic heterocycles. The van der Waals surface area contributed by atoms with Crippen LogP contribution < -0.4 is 16.0 Å². The summed E-state index contributed by atoms with van der Waals surface area (Å²) >= 11 is 0. The van der Waals surface area contributed by atoms with E-state index in [1.54, 1.807) is 12.1 Å². The number of anilines is 2. The molecule has 1 aromatic carbocycles. The highest BCUT2D eigenvalue weighted by Crippen LogP contribution is 2.23. The first-order chi connectivity index (χ1) is 9.61. The van der Waals surface area contributed by atoms with E-state index >= 15 is 0 Å². The minimum Gasteiger partial charge on any atom is -0.399 e. The fraction of sp³-hybridized carbons (Fsp3) is 0.357. The van der Waals surface area contributed by atoms with E-state index < -0.39 is 0 Å². The predicted molar refractivity (Wildman–Crippen MR) is 80.5 cm³/mol. The largest absolute Gasteiger partial charge is 0.399 e. The molecule has 0 saturated heterocycles. The fourth-order valence-electron chi connectivity index (χ4n) is 1.97. The molecule has 2 aromatic rings. The van der Waals surface area contributed by atoms with Gasteiger partial charge in [-0.25, -0.2) is 9.97 Å². The first-order valence-corrected chi connectivity index (χ1v) is 6.60. The van der Waals surface area contributed by atoms with E-state index in [0.29, 0.717) is 12.2 Å². The molecule has 0 spiro atoms. The lowest BCUT2D eigenvalue weighted by Crippen LogP contribution is -2.35. The first-order valence-electron chi connectivity index (χ1n) is 6.60. The van der Waals surface area contributed by atoms with Crippen LogP contribution in [0.25, 0.3) is 10.9 Å². The van der Waals surface area contributed by atoms with Crippen LogP contribution in [0.2, 0.25) is 0 Å². The number of nitrogen functional groups attached to an aromatic ring is 1. The molecule has 1 aromatic heterocycles. The number of amides is 1. The van der Waals surface area contributed by atoms with E-state index in [1.807, 2.05) is 24.9 Å². The quantitative estimate of drug-likeness (QED) is 0.799. The van der Waals surface area contributed by atoms with Crippen LogP contribution in [-0.4, -0.2) is 36.0 Å². The lowest BCUT2D eigenvalue weighted by Gasteiger charge is -2.19. The molecule has 0 atom stereocenters. The molecule has 0 aliphatic rings. The average molecular weight is 273 g/mol. The second-order valence-corrected chi connectivity index (χ2v) is 4.68. The molecule has 1 heterocycles. The standard InChI is InChI=1S/C14H19N5O/c1-3-6-16-13(20)8-19(2)14-11-5-4-10(15)7-12(11)17-9-18-14/h4-5,7,9H,3,6,8,15H2,1-2H3,(H,16,20). The zero-order valence-electron chi connectivity index (χ0n) is 11.8. The minimum atomic E-state index is -0.0171. The molecule has 0 aliphatic carbocycles. The summed E-state index contributed by atoms with van der Waals surface area (Å²) in [4.78, 5) is 22.0. The maximum absolute atomic E-state index is 11.8. The molecular weight excluding hydrogens is 254 g/mol. The lowest BCUT2D eigenvalue weighted by atomic mass is 10.2. The van der Waals surface area contributed by atoms with Gasteiger partial charge in [0.2, 0.25) is 5.91 Å². The predicted octanol–water partition coefficient (Wildman–Crippen LogP) is 1.17. The highest BCUT2D eigenvalue weighted by molar-refractivity contribution is 5.92. The summed E-state index contributed by atoms with van der Waals surface area (Å²) < 4.78 is 0. The van der Waals surface area contributed by atoms with Gasteiger partial charge >= 0.3 is 0 Å². The Morgan fingerprint density at radius 2 is 2.20 bits per heavy atom. The molecule has 106 valence electrons. The Morgan fingerprint density at radius 3 is 2.95 bits per heavy atom. The number of aromatic nitrogens is 2. The van der Waals surface area contributed by atoms with E-state index in [4.69, 9.17) is 5.73 Å². The Hall–Kier alpha value is -2.37. The number of nitrogens with one attached hydrogen (secondary N) is 1. The van der Waals surface area contributed by atoms with E-state index in [2.05, 4.69) is 15.3 Å². The highest BCUT2D eigenvalue weighted by Gasteiger charge is 2.11. The summed E-state index contributed by atoms with van der Waals surface area (Å²) in [6.07, 6.45) is 2.41. The summed E-state index contributed by atoms with van der Waals surface area (Å²) in [6, 6.07) is 5.48. The maximum Gasteiger partial charge on any atom is 0.239 e. The van der Waals surface area contributed by atoms with Crippen molar-refractivity contribution in [3.8, 4) is 0 Å². The number of rotatable bonds is 5. The van der Waals surface area contributed by atoms with E-state index in [1.165, 1.54) is 6.33 Å². The Kier molecular flexibility index (Phi) is 4.34. The summed E-state index contributed by atoms with van der Waals surface area (Å²) in [7, 11) is 1.84. The van der Waals surface area contributed by atoms with Gasteiger partial charge in [-0.2, -0.15) is 0 Å². The van der Waals surface area contributed by atoms with Crippen LogP contribution in [0.4, 0.5) is 11.5 Å². The van der Waals surface area contributed by atoms with Crippen molar-refractivity contribution in [1.29, 1.82) is 0 Å². The second-order valence-electron chi connectivity index (χ2n) is 4.68. The number of carbonyl (C=O) groups is 1. The highest BCUT2D eigenvalue weighted by atomic mass is 16.2. The van der Waals surface area contributed by atoms with Gasteiger partial charge in [-0.05, 0) is 24.6 Å². The van der Waals surface area contributed by atoms with Gasteiger partial charge in [0.05, 0.1) is 12.1 Å². The van der Waals surface area contributed by atoms with Crippen LogP contribution >= 0.6 is 0 Å². The van der Waals surface area contributed by atoms with Crippen molar-refractivity contribution in [3.63, 3.8) is 0 Å². The van der Waals surface area contributed by atoms with Crippen LogP contribution in [0.3, 0.4) is 0 Å². The lowest BCUT2D eigenvalue weighted by molar-refractivity contribution is -0.119. The van der Waals surface area contributed by atoms with Gasteiger partial charge in [0.15, 0.2) is 0 Å². The molecule has 0 unspecified atom stereocenters. The van der Waals surface area contributed by atoms with Crippen molar-refractivity contribution in [2.75, 3.05) is 30.8 Å². The third kappa shape index (κ3) is 3.14. The summed E-state index contributed by atoms with van der Waals surface area (Å²) in [5.74, 6) is 0.707. The molecule has 3 N–H and O–H groups in total. The zero-order valence-corrected chi connectivity index (χ0v) is 11.8. The number of nitrogens with zero attached hydrogens (tertiary/aromatic N) is 3.